The fourth-order valence-electron chi connectivity index (χ4n) is 1.71. The lowest BCUT2D eigenvalue weighted by Gasteiger charge is -2.22. The van der Waals surface area contributed by atoms with Crippen LogP contribution in [0.15, 0.2) is 6.07 Å². The minimum Gasteiger partial charge on any atom is -0.391 e. The molecule has 0 fully saturated rings. The standard InChI is InChI=1S/C13H22ClN3O/c1-5-11-16-10(14)6-12(17-11)15-8-9(18)7-13(2,3)4/h6,9,18H,5,7-8H2,1-4H3,(H,15,16,17). The molecule has 0 spiro atoms. The van der Waals surface area contributed by atoms with Gasteiger partial charge in [0, 0.05) is 19.0 Å². The Morgan fingerprint density at radius 3 is 2.61 bits per heavy atom. The van der Waals surface area contributed by atoms with Gasteiger partial charge in [-0.3, -0.25) is 0 Å². The number of nitrogens with one attached hydrogen (secondary N) is 1. The summed E-state index contributed by atoms with van der Waals surface area (Å²) in [6.07, 6.45) is 1.07. The van der Waals surface area contributed by atoms with Gasteiger partial charge in [-0.05, 0) is 11.8 Å². The molecule has 0 aromatic carbocycles. The molecule has 1 atom stereocenters. The second-order valence-electron chi connectivity index (χ2n) is 5.65. The van der Waals surface area contributed by atoms with Gasteiger partial charge in [-0.2, -0.15) is 0 Å². The molecule has 0 bridgehead atoms. The fourth-order valence-corrected chi connectivity index (χ4v) is 1.92. The first-order valence-electron chi connectivity index (χ1n) is 6.25. The molecule has 0 amide bonds. The lowest BCUT2D eigenvalue weighted by molar-refractivity contribution is 0.132. The molecule has 102 valence electrons. The number of aliphatic hydroxyl groups is 1. The van der Waals surface area contributed by atoms with Crippen molar-refractivity contribution in [2.75, 3.05) is 11.9 Å². The van der Waals surface area contributed by atoms with Crippen LogP contribution in [-0.2, 0) is 6.42 Å². The van der Waals surface area contributed by atoms with Gasteiger partial charge in [-0.1, -0.05) is 39.3 Å². The first kappa shape index (κ1) is 15.2. The smallest absolute Gasteiger partial charge is 0.134 e. The van der Waals surface area contributed by atoms with E-state index in [2.05, 4.69) is 36.1 Å². The van der Waals surface area contributed by atoms with E-state index >= 15 is 0 Å². The molecule has 0 aliphatic rings. The molecule has 1 aromatic rings. The molecule has 5 heteroatoms. The van der Waals surface area contributed by atoms with E-state index < -0.39 is 6.10 Å². The monoisotopic (exact) mass is 271 g/mol. The van der Waals surface area contributed by atoms with Crippen molar-refractivity contribution < 1.29 is 5.11 Å². The zero-order valence-electron chi connectivity index (χ0n) is 11.5. The van der Waals surface area contributed by atoms with Crippen molar-refractivity contribution in [2.45, 2.75) is 46.6 Å². The van der Waals surface area contributed by atoms with Gasteiger partial charge in [-0.15, -0.1) is 0 Å². The first-order chi connectivity index (χ1) is 8.30. The summed E-state index contributed by atoms with van der Waals surface area (Å²) in [5.74, 6) is 1.37. The lowest BCUT2D eigenvalue weighted by Crippen LogP contribution is -2.25. The number of aliphatic hydroxyl groups excluding tert-OH is 1. The van der Waals surface area contributed by atoms with Gasteiger partial charge in [0.1, 0.15) is 16.8 Å². The summed E-state index contributed by atoms with van der Waals surface area (Å²) >= 11 is 5.90. The van der Waals surface area contributed by atoms with Crippen molar-refractivity contribution in [1.29, 1.82) is 0 Å². The highest BCUT2D eigenvalue weighted by atomic mass is 35.5. The molecule has 0 saturated carbocycles. The summed E-state index contributed by atoms with van der Waals surface area (Å²) in [4.78, 5) is 8.39. The van der Waals surface area contributed by atoms with Gasteiger partial charge in [-0.25, -0.2) is 9.97 Å². The Hall–Kier alpha value is -0.870. The number of rotatable bonds is 5. The van der Waals surface area contributed by atoms with Crippen LogP contribution in [0, 0.1) is 5.41 Å². The maximum Gasteiger partial charge on any atom is 0.134 e. The Bertz CT molecular complexity index is 390. The first-order valence-corrected chi connectivity index (χ1v) is 6.63. The molecular formula is C13H22ClN3O. The molecule has 2 N–H and O–H groups in total. The van der Waals surface area contributed by atoms with Crippen molar-refractivity contribution in [3.63, 3.8) is 0 Å². The van der Waals surface area contributed by atoms with Crippen LogP contribution in [0.4, 0.5) is 5.82 Å². The van der Waals surface area contributed by atoms with Crippen molar-refractivity contribution in [2.24, 2.45) is 5.41 Å². The van der Waals surface area contributed by atoms with Crippen molar-refractivity contribution in [3.8, 4) is 0 Å². The molecule has 1 rings (SSSR count). The Morgan fingerprint density at radius 2 is 2.06 bits per heavy atom. The number of nitrogens with zero attached hydrogens (tertiary/aromatic N) is 2. The molecule has 0 radical (unpaired) electrons. The molecule has 1 aromatic heterocycles. The lowest BCUT2D eigenvalue weighted by atomic mass is 9.89. The van der Waals surface area contributed by atoms with Gasteiger partial charge in [0.15, 0.2) is 0 Å². The van der Waals surface area contributed by atoms with Crippen LogP contribution in [0.3, 0.4) is 0 Å². The van der Waals surface area contributed by atoms with E-state index in [0.717, 1.165) is 12.8 Å². The van der Waals surface area contributed by atoms with Crippen LogP contribution < -0.4 is 5.32 Å². The minimum atomic E-state index is -0.399. The van der Waals surface area contributed by atoms with Crippen molar-refractivity contribution in [3.05, 3.63) is 17.0 Å². The Labute approximate surface area is 114 Å². The topological polar surface area (TPSA) is 58.0 Å². The van der Waals surface area contributed by atoms with Crippen molar-refractivity contribution in [1.82, 2.24) is 9.97 Å². The normalized spacial score (nSPS) is 13.4. The second-order valence-corrected chi connectivity index (χ2v) is 6.03. The Morgan fingerprint density at radius 1 is 1.39 bits per heavy atom. The van der Waals surface area contributed by atoms with Crippen LogP contribution in [0.1, 0.15) is 39.9 Å². The molecular weight excluding hydrogens is 250 g/mol. The van der Waals surface area contributed by atoms with Crippen LogP contribution in [0.2, 0.25) is 5.15 Å². The number of halogens is 1. The van der Waals surface area contributed by atoms with Gasteiger partial charge < -0.3 is 10.4 Å². The molecule has 1 unspecified atom stereocenters. The van der Waals surface area contributed by atoms with E-state index in [1.807, 2.05) is 6.92 Å². The van der Waals surface area contributed by atoms with Gasteiger partial charge in [0.05, 0.1) is 6.10 Å². The number of hydrogen-bond donors (Lipinski definition) is 2. The van der Waals surface area contributed by atoms with Crippen molar-refractivity contribution >= 4 is 17.4 Å². The summed E-state index contributed by atoms with van der Waals surface area (Å²) in [6, 6.07) is 1.67. The fraction of sp³-hybridized carbons (Fsp3) is 0.692. The van der Waals surface area contributed by atoms with E-state index in [-0.39, 0.29) is 5.41 Å². The Balaban J connectivity index is 2.55. The third-order valence-corrected chi connectivity index (χ3v) is 2.62. The van der Waals surface area contributed by atoms with Crippen LogP contribution in [0.5, 0.6) is 0 Å². The third kappa shape index (κ3) is 5.65. The highest BCUT2D eigenvalue weighted by molar-refractivity contribution is 6.29. The number of anilines is 1. The maximum atomic E-state index is 9.90. The van der Waals surface area contributed by atoms with E-state index in [1.165, 1.54) is 0 Å². The highest BCUT2D eigenvalue weighted by Gasteiger charge is 2.16. The zero-order valence-corrected chi connectivity index (χ0v) is 12.3. The molecule has 18 heavy (non-hydrogen) atoms. The molecule has 0 aliphatic carbocycles. The summed E-state index contributed by atoms with van der Waals surface area (Å²) in [5.41, 5.74) is 0.110. The number of hydrogen-bond acceptors (Lipinski definition) is 4. The number of aromatic nitrogens is 2. The average Bonchev–Trinajstić information content (AvgIpc) is 2.23. The molecule has 1 heterocycles. The molecule has 4 nitrogen and oxygen atoms in total. The second kappa shape index (κ2) is 6.34. The molecule has 0 saturated heterocycles. The molecule has 0 aliphatic heterocycles. The summed E-state index contributed by atoms with van der Waals surface area (Å²) in [7, 11) is 0. The van der Waals surface area contributed by atoms with Crippen LogP contribution in [-0.4, -0.2) is 27.7 Å². The zero-order chi connectivity index (χ0) is 13.8. The highest BCUT2D eigenvalue weighted by Crippen LogP contribution is 2.21. The van der Waals surface area contributed by atoms with Crippen LogP contribution >= 0.6 is 11.6 Å². The third-order valence-electron chi connectivity index (χ3n) is 2.42. The predicted octanol–water partition coefficient (Wildman–Crippen LogP) is 2.90. The van der Waals surface area contributed by atoms with E-state index in [0.29, 0.717) is 23.3 Å². The number of aryl methyl sites for hydroxylation is 1. The minimum absolute atomic E-state index is 0.110. The summed E-state index contributed by atoms with van der Waals surface area (Å²) in [5, 5.41) is 13.4. The SMILES string of the molecule is CCc1nc(Cl)cc(NCC(O)CC(C)(C)C)n1. The van der Waals surface area contributed by atoms with Gasteiger partial charge >= 0.3 is 0 Å². The average molecular weight is 272 g/mol. The Kier molecular flexibility index (Phi) is 5.35. The van der Waals surface area contributed by atoms with Crippen LogP contribution in [0.25, 0.3) is 0 Å². The maximum absolute atomic E-state index is 9.90. The van der Waals surface area contributed by atoms with Gasteiger partial charge in [0.25, 0.3) is 0 Å². The quantitative estimate of drug-likeness (QED) is 0.809. The van der Waals surface area contributed by atoms with E-state index in [9.17, 15) is 5.11 Å². The summed E-state index contributed by atoms with van der Waals surface area (Å²) < 4.78 is 0. The largest absolute Gasteiger partial charge is 0.391 e. The summed E-state index contributed by atoms with van der Waals surface area (Å²) in [6.45, 7) is 8.75. The predicted molar refractivity (Wildman–Crippen MR) is 75.0 cm³/mol. The van der Waals surface area contributed by atoms with Gasteiger partial charge in [0.2, 0.25) is 0 Å². The van der Waals surface area contributed by atoms with E-state index in [4.69, 9.17) is 11.6 Å². The van der Waals surface area contributed by atoms with E-state index in [1.54, 1.807) is 6.07 Å².